The van der Waals surface area contributed by atoms with Gasteiger partial charge < -0.3 is 4.90 Å². The first-order valence-electron chi connectivity index (χ1n) is 10.9. The predicted molar refractivity (Wildman–Crippen MR) is 115 cm³/mol. The number of aryl methyl sites for hydroxylation is 1. The first kappa shape index (κ1) is 22.2. The minimum atomic E-state index is -4.34. The summed E-state index contributed by atoms with van der Waals surface area (Å²) >= 11 is 0. The predicted octanol–water partition coefficient (Wildman–Crippen LogP) is 2.28. The summed E-state index contributed by atoms with van der Waals surface area (Å²) in [6.45, 7) is 2.75. The van der Waals surface area contributed by atoms with Crippen molar-refractivity contribution in [1.29, 1.82) is 5.26 Å². The van der Waals surface area contributed by atoms with Gasteiger partial charge in [-0.2, -0.15) is 23.5 Å². The maximum Gasteiger partial charge on any atom is 0.416 e. The number of hydrogen-bond acceptors (Lipinski definition) is 5. The lowest BCUT2D eigenvalue weighted by atomic mass is 9.94. The Morgan fingerprint density at radius 3 is 2.62 bits per heavy atom. The van der Waals surface area contributed by atoms with Gasteiger partial charge in [0.2, 0.25) is 0 Å². The summed E-state index contributed by atoms with van der Waals surface area (Å²) < 4.78 is 41.3. The van der Waals surface area contributed by atoms with Crippen LogP contribution in [0.15, 0.2) is 52.3 Å². The molecule has 0 spiro atoms. The van der Waals surface area contributed by atoms with Gasteiger partial charge in [-0.1, -0.05) is 12.1 Å². The van der Waals surface area contributed by atoms with Crippen LogP contribution in [0.3, 0.4) is 0 Å². The summed E-state index contributed by atoms with van der Waals surface area (Å²) in [7, 11) is 0. The summed E-state index contributed by atoms with van der Waals surface area (Å²) in [5.74, 6) is 0.431. The Morgan fingerprint density at radius 1 is 1.18 bits per heavy atom. The molecule has 0 radical (unpaired) electrons. The second-order valence-corrected chi connectivity index (χ2v) is 8.95. The highest BCUT2D eigenvalue weighted by molar-refractivity contribution is 5.39. The molecular weight excluding hydrogens is 449 g/mol. The monoisotopic (exact) mass is 470 g/mol. The van der Waals surface area contributed by atoms with Crippen molar-refractivity contribution in [2.45, 2.75) is 31.0 Å². The molecule has 0 unspecified atom stereocenters. The third kappa shape index (κ3) is 3.94. The first-order chi connectivity index (χ1) is 16.2. The smallest absolute Gasteiger partial charge is 0.302 e. The molecule has 1 N–H and O–H groups in total. The normalized spacial score (nSPS) is 21.9. The number of likely N-dealkylation sites (tertiary alicyclic amines) is 1. The van der Waals surface area contributed by atoms with Crippen LogP contribution in [-0.4, -0.2) is 43.9 Å². The van der Waals surface area contributed by atoms with Crippen molar-refractivity contribution < 1.29 is 13.2 Å². The van der Waals surface area contributed by atoms with Gasteiger partial charge >= 0.3 is 11.9 Å². The van der Waals surface area contributed by atoms with Crippen molar-refractivity contribution in [2.24, 2.45) is 5.92 Å². The standard InChI is InChI=1S/C23H21F3N6O2/c24-23(25,26)16-4-2-15(3-5-16)22-10-17(22)12-30(14-22)7-1-8-31-13-19(20(33)28-21(31)34)32-9-6-18(11-27)29-32/h2-6,9,13,17H,1,7-8,10,12,14H2,(H,28,33,34)/t17-,22+/m0/s1. The van der Waals surface area contributed by atoms with Gasteiger partial charge in [0.15, 0.2) is 5.69 Å². The van der Waals surface area contributed by atoms with Crippen LogP contribution in [0.1, 0.15) is 29.7 Å². The molecule has 0 bridgehead atoms. The molecule has 1 saturated heterocycles. The molecule has 3 aromatic rings. The number of aromatic amines is 1. The average Bonchev–Trinajstić information content (AvgIpc) is 3.14. The number of nitriles is 1. The molecule has 2 aromatic heterocycles. The molecule has 11 heteroatoms. The van der Waals surface area contributed by atoms with Gasteiger partial charge in [0.1, 0.15) is 11.8 Å². The minimum Gasteiger partial charge on any atom is -0.302 e. The topological polar surface area (TPSA) is 99.7 Å². The SMILES string of the molecule is N#Cc1ccn(-c2cn(CCCN3C[C@@H]4C[C@]4(c4ccc(C(F)(F)F)cc4)C3)c(=O)[nH]c2=O)n1. The molecule has 1 aromatic carbocycles. The highest BCUT2D eigenvalue weighted by Crippen LogP contribution is 2.59. The second kappa shape index (κ2) is 7.99. The van der Waals surface area contributed by atoms with Crippen LogP contribution < -0.4 is 11.2 Å². The zero-order valence-corrected chi connectivity index (χ0v) is 18.0. The Labute approximate surface area is 191 Å². The fourth-order valence-electron chi connectivity index (χ4n) is 5.00. The average molecular weight is 470 g/mol. The fourth-order valence-corrected chi connectivity index (χ4v) is 5.00. The third-order valence-corrected chi connectivity index (χ3v) is 6.82. The van der Waals surface area contributed by atoms with Crippen LogP contribution in [0.25, 0.3) is 5.69 Å². The molecule has 3 heterocycles. The van der Waals surface area contributed by atoms with Crippen LogP contribution in [-0.2, 0) is 18.1 Å². The molecule has 2 atom stereocenters. The lowest BCUT2D eigenvalue weighted by Crippen LogP contribution is -2.33. The fraction of sp³-hybridized carbons (Fsp3) is 0.391. The highest BCUT2D eigenvalue weighted by atomic mass is 19.4. The van der Waals surface area contributed by atoms with E-state index in [1.165, 1.54) is 27.7 Å². The summed E-state index contributed by atoms with van der Waals surface area (Å²) in [4.78, 5) is 29.0. The van der Waals surface area contributed by atoms with E-state index in [0.717, 1.165) is 43.8 Å². The number of piperidine rings is 1. The maximum absolute atomic E-state index is 12.9. The van der Waals surface area contributed by atoms with E-state index in [9.17, 15) is 22.8 Å². The molecule has 1 aliphatic heterocycles. The zero-order valence-electron chi connectivity index (χ0n) is 18.0. The summed E-state index contributed by atoms with van der Waals surface area (Å²) in [6.07, 6.45) is 0.210. The quantitative estimate of drug-likeness (QED) is 0.596. The summed E-state index contributed by atoms with van der Waals surface area (Å²) in [5.41, 5.74) is -0.574. The van der Waals surface area contributed by atoms with Gasteiger partial charge in [0.05, 0.1) is 5.56 Å². The first-order valence-corrected chi connectivity index (χ1v) is 10.9. The molecule has 1 saturated carbocycles. The van der Waals surface area contributed by atoms with Gasteiger partial charge in [-0.15, -0.1) is 0 Å². The largest absolute Gasteiger partial charge is 0.416 e. The number of alkyl halides is 3. The number of rotatable bonds is 6. The van der Waals surface area contributed by atoms with Gasteiger partial charge in [-0.05, 0) is 49.1 Å². The number of halogens is 3. The molecule has 1 aliphatic carbocycles. The zero-order chi connectivity index (χ0) is 24.1. The third-order valence-electron chi connectivity index (χ3n) is 6.82. The van der Waals surface area contributed by atoms with Crippen molar-refractivity contribution in [2.75, 3.05) is 19.6 Å². The number of nitrogens with zero attached hydrogens (tertiary/aromatic N) is 5. The van der Waals surface area contributed by atoms with Crippen molar-refractivity contribution in [3.8, 4) is 11.8 Å². The molecule has 34 heavy (non-hydrogen) atoms. The highest BCUT2D eigenvalue weighted by Gasteiger charge is 2.60. The number of fused-ring (bicyclic) bond motifs is 1. The van der Waals surface area contributed by atoms with Crippen LogP contribution >= 0.6 is 0 Å². The Morgan fingerprint density at radius 2 is 1.94 bits per heavy atom. The number of nitrogens with one attached hydrogen (secondary N) is 1. The van der Waals surface area contributed by atoms with Crippen molar-refractivity contribution in [3.63, 3.8) is 0 Å². The van der Waals surface area contributed by atoms with E-state index >= 15 is 0 Å². The number of benzene rings is 1. The molecule has 2 fully saturated rings. The summed E-state index contributed by atoms with van der Waals surface area (Å²) in [6, 6.07) is 8.87. The van der Waals surface area contributed by atoms with Crippen LogP contribution in [0, 0.1) is 17.2 Å². The maximum atomic E-state index is 12.9. The van der Waals surface area contributed by atoms with Gasteiger partial charge in [-0.3, -0.25) is 14.3 Å². The van der Waals surface area contributed by atoms with Crippen molar-refractivity contribution >= 4 is 0 Å². The Hall–Kier alpha value is -3.65. The molecule has 0 amide bonds. The van der Waals surface area contributed by atoms with E-state index in [4.69, 9.17) is 5.26 Å². The Balaban J connectivity index is 1.22. The van der Waals surface area contributed by atoms with Crippen molar-refractivity contribution in [1.82, 2.24) is 24.2 Å². The number of hydrogen-bond donors (Lipinski definition) is 1. The van der Waals surface area contributed by atoms with E-state index in [1.54, 1.807) is 12.1 Å². The van der Waals surface area contributed by atoms with E-state index < -0.39 is 23.0 Å². The van der Waals surface area contributed by atoms with Crippen LogP contribution in [0.4, 0.5) is 13.2 Å². The van der Waals surface area contributed by atoms with Gasteiger partial charge in [0.25, 0.3) is 5.56 Å². The number of H-pyrrole nitrogens is 1. The van der Waals surface area contributed by atoms with Crippen LogP contribution in [0.2, 0.25) is 0 Å². The molecular formula is C23H21F3N6O2. The molecule has 176 valence electrons. The van der Waals surface area contributed by atoms with E-state index in [2.05, 4.69) is 15.0 Å². The lowest BCUT2D eigenvalue weighted by molar-refractivity contribution is -0.137. The number of aromatic nitrogens is 4. The van der Waals surface area contributed by atoms with Crippen LogP contribution in [0.5, 0.6) is 0 Å². The van der Waals surface area contributed by atoms with Gasteiger partial charge in [-0.25, -0.2) is 9.48 Å². The van der Waals surface area contributed by atoms with E-state index in [0.29, 0.717) is 18.9 Å². The second-order valence-electron chi connectivity index (χ2n) is 8.95. The van der Waals surface area contributed by atoms with E-state index in [1.807, 2.05) is 6.07 Å². The Bertz CT molecular complexity index is 1380. The van der Waals surface area contributed by atoms with E-state index in [-0.39, 0.29) is 16.8 Å². The minimum absolute atomic E-state index is 0.0787. The molecule has 5 rings (SSSR count). The van der Waals surface area contributed by atoms with Crippen molar-refractivity contribution in [3.05, 3.63) is 80.4 Å². The van der Waals surface area contributed by atoms with Gasteiger partial charge in [0, 0.05) is 37.4 Å². The lowest BCUT2D eigenvalue weighted by Gasteiger charge is -2.21. The summed E-state index contributed by atoms with van der Waals surface area (Å²) in [5, 5.41) is 12.9. The Kier molecular flexibility index (Phi) is 5.20. The molecule has 2 aliphatic rings. The molecule has 8 nitrogen and oxygen atoms in total.